The zero-order valence-electron chi connectivity index (χ0n) is 14.9. The molecule has 2 aromatic rings. The quantitative estimate of drug-likeness (QED) is 0.322. The van der Waals surface area contributed by atoms with Crippen LogP contribution in [0.1, 0.15) is 12.5 Å². The zero-order chi connectivity index (χ0) is 20.5. The lowest BCUT2D eigenvalue weighted by Gasteiger charge is -2.07. The Balaban J connectivity index is 1.92. The number of non-ortho nitro benzene ring substituents is 1. The number of halogens is 1. The summed E-state index contributed by atoms with van der Waals surface area (Å²) in [6.45, 7) is 1.61. The van der Waals surface area contributed by atoms with E-state index in [9.17, 15) is 24.1 Å². The molecule has 2 rings (SSSR count). The molecule has 0 heterocycles. The van der Waals surface area contributed by atoms with E-state index in [1.807, 2.05) is 6.92 Å². The number of para-hydroxylation sites is 1. The van der Waals surface area contributed by atoms with Crippen molar-refractivity contribution in [2.24, 2.45) is 0 Å². The summed E-state index contributed by atoms with van der Waals surface area (Å²) in [6, 6.07) is 9.75. The summed E-state index contributed by atoms with van der Waals surface area (Å²) in [5, 5.41) is 12.8. The number of nitro groups is 1. The third kappa shape index (κ3) is 5.90. The van der Waals surface area contributed by atoms with Gasteiger partial charge in [-0.1, -0.05) is 18.2 Å². The second kappa shape index (κ2) is 9.81. The zero-order valence-corrected chi connectivity index (χ0v) is 14.9. The van der Waals surface area contributed by atoms with E-state index >= 15 is 0 Å². The summed E-state index contributed by atoms with van der Waals surface area (Å²) < 4.78 is 23.8. The van der Waals surface area contributed by atoms with Crippen molar-refractivity contribution in [2.45, 2.75) is 6.92 Å². The maximum Gasteiger partial charge on any atom is 0.331 e. The highest BCUT2D eigenvalue weighted by atomic mass is 19.1. The first-order chi connectivity index (χ1) is 13.4. The Morgan fingerprint density at radius 1 is 1.25 bits per heavy atom. The van der Waals surface area contributed by atoms with E-state index in [2.05, 4.69) is 5.32 Å². The van der Waals surface area contributed by atoms with Gasteiger partial charge in [-0.15, -0.1) is 0 Å². The Morgan fingerprint density at radius 2 is 2.00 bits per heavy atom. The number of anilines is 1. The summed E-state index contributed by atoms with van der Waals surface area (Å²) in [6.07, 6.45) is 2.60. The van der Waals surface area contributed by atoms with Gasteiger partial charge in [0.15, 0.2) is 6.61 Å². The number of nitrogens with zero attached hydrogens (tertiary/aromatic N) is 1. The number of rotatable bonds is 8. The van der Waals surface area contributed by atoms with Crippen LogP contribution in [0.15, 0.2) is 48.5 Å². The molecule has 0 saturated heterocycles. The molecule has 8 nitrogen and oxygen atoms in total. The molecule has 0 radical (unpaired) electrons. The van der Waals surface area contributed by atoms with Gasteiger partial charge < -0.3 is 14.8 Å². The number of carbonyl (C=O) groups excluding carboxylic acids is 2. The summed E-state index contributed by atoms with van der Waals surface area (Å²) in [7, 11) is 0. The minimum Gasteiger partial charge on any atom is -0.493 e. The van der Waals surface area contributed by atoms with Crippen LogP contribution >= 0.6 is 0 Å². The lowest BCUT2D eigenvalue weighted by atomic mass is 10.2. The number of esters is 1. The van der Waals surface area contributed by atoms with Gasteiger partial charge >= 0.3 is 5.97 Å². The van der Waals surface area contributed by atoms with E-state index in [1.165, 1.54) is 6.08 Å². The summed E-state index contributed by atoms with van der Waals surface area (Å²) >= 11 is 0. The van der Waals surface area contributed by atoms with Crippen molar-refractivity contribution < 1.29 is 28.4 Å². The molecular formula is C19H17FN2O6. The van der Waals surface area contributed by atoms with E-state index in [-0.39, 0.29) is 11.4 Å². The van der Waals surface area contributed by atoms with Crippen LogP contribution in [0.5, 0.6) is 5.75 Å². The molecule has 2 aromatic carbocycles. The van der Waals surface area contributed by atoms with Gasteiger partial charge in [-0.05, 0) is 25.1 Å². The SMILES string of the molecule is CCOc1ccccc1C=CC(=O)OCC(=O)Nc1cc([N+](=O)[O-])ccc1F. The van der Waals surface area contributed by atoms with Crippen molar-refractivity contribution in [1.82, 2.24) is 0 Å². The van der Waals surface area contributed by atoms with Gasteiger partial charge in [-0.25, -0.2) is 9.18 Å². The molecule has 0 unspecified atom stereocenters. The van der Waals surface area contributed by atoms with Gasteiger partial charge in [0.25, 0.3) is 11.6 Å². The minimum absolute atomic E-state index is 0.378. The molecule has 0 aliphatic carbocycles. The molecule has 0 saturated carbocycles. The third-order valence-electron chi connectivity index (χ3n) is 3.40. The summed E-state index contributed by atoms with van der Waals surface area (Å²) in [5.41, 5.74) is -0.106. The maximum absolute atomic E-state index is 13.6. The van der Waals surface area contributed by atoms with Crippen molar-refractivity contribution in [3.8, 4) is 5.75 Å². The average molecular weight is 388 g/mol. The van der Waals surface area contributed by atoms with Crippen molar-refractivity contribution in [3.05, 3.63) is 70.0 Å². The molecule has 146 valence electrons. The summed E-state index contributed by atoms with van der Waals surface area (Å²) in [5.74, 6) is -1.89. The van der Waals surface area contributed by atoms with Crippen LogP contribution in [0, 0.1) is 15.9 Å². The highest BCUT2D eigenvalue weighted by Crippen LogP contribution is 2.21. The summed E-state index contributed by atoms with van der Waals surface area (Å²) in [4.78, 5) is 33.5. The molecule has 9 heteroatoms. The molecule has 28 heavy (non-hydrogen) atoms. The smallest absolute Gasteiger partial charge is 0.331 e. The highest BCUT2D eigenvalue weighted by Gasteiger charge is 2.14. The van der Waals surface area contributed by atoms with Crippen LogP contribution in [0.25, 0.3) is 6.08 Å². The Labute approximate surface area is 159 Å². The Kier molecular flexibility index (Phi) is 7.21. The van der Waals surface area contributed by atoms with Crippen LogP contribution in [-0.4, -0.2) is 30.0 Å². The first-order valence-corrected chi connectivity index (χ1v) is 8.21. The van der Waals surface area contributed by atoms with Gasteiger partial charge in [0.2, 0.25) is 0 Å². The fourth-order valence-electron chi connectivity index (χ4n) is 2.16. The number of amides is 1. The molecule has 0 aromatic heterocycles. The maximum atomic E-state index is 13.6. The molecule has 0 bridgehead atoms. The van der Waals surface area contributed by atoms with Gasteiger partial charge in [0.05, 0.1) is 17.2 Å². The topological polar surface area (TPSA) is 108 Å². The lowest BCUT2D eigenvalue weighted by Crippen LogP contribution is -2.20. The number of hydrogen-bond acceptors (Lipinski definition) is 6. The number of benzene rings is 2. The first-order valence-electron chi connectivity index (χ1n) is 8.21. The van der Waals surface area contributed by atoms with E-state index in [1.54, 1.807) is 24.3 Å². The van der Waals surface area contributed by atoms with Crippen molar-refractivity contribution in [2.75, 3.05) is 18.5 Å². The van der Waals surface area contributed by atoms with Crippen LogP contribution in [0.2, 0.25) is 0 Å². The van der Waals surface area contributed by atoms with Crippen LogP contribution in [0.4, 0.5) is 15.8 Å². The molecule has 0 fully saturated rings. The van der Waals surface area contributed by atoms with Gasteiger partial charge in [0.1, 0.15) is 11.6 Å². The molecule has 0 spiro atoms. The fourth-order valence-corrected chi connectivity index (χ4v) is 2.16. The predicted octanol–water partition coefficient (Wildman–Crippen LogP) is 3.33. The molecule has 0 atom stereocenters. The molecule has 1 amide bonds. The predicted molar refractivity (Wildman–Crippen MR) is 99.3 cm³/mol. The van der Waals surface area contributed by atoms with Crippen molar-refractivity contribution in [3.63, 3.8) is 0 Å². The van der Waals surface area contributed by atoms with Gasteiger partial charge in [0, 0.05) is 23.8 Å². The number of ether oxygens (including phenoxy) is 2. The van der Waals surface area contributed by atoms with Crippen LogP contribution in [-0.2, 0) is 14.3 Å². The molecular weight excluding hydrogens is 371 g/mol. The lowest BCUT2D eigenvalue weighted by molar-refractivity contribution is -0.384. The number of nitrogens with one attached hydrogen (secondary N) is 1. The van der Waals surface area contributed by atoms with E-state index < -0.39 is 29.2 Å². The Hall–Kier alpha value is -3.75. The van der Waals surface area contributed by atoms with Crippen LogP contribution < -0.4 is 10.1 Å². The Bertz CT molecular complexity index is 913. The number of nitro benzene ring substituents is 1. The third-order valence-corrected chi connectivity index (χ3v) is 3.40. The minimum atomic E-state index is -0.849. The first kappa shape index (κ1) is 20.6. The fraction of sp³-hybridized carbons (Fsp3) is 0.158. The second-order valence-electron chi connectivity index (χ2n) is 5.38. The second-order valence-corrected chi connectivity index (χ2v) is 5.38. The Morgan fingerprint density at radius 3 is 2.71 bits per heavy atom. The number of hydrogen-bond donors (Lipinski definition) is 1. The average Bonchev–Trinajstić information content (AvgIpc) is 2.67. The highest BCUT2D eigenvalue weighted by molar-refractivity contribution is 5.95. The van der Waals surface area contributed by atoms with E-state index in [0.29, 0.717) is 17.9 Å². The van der Waals surface area contributed by atoms with Crippen molar-refractivity contribution >= 4 is 29.3 Å². The molecule has 1 N–H and O–H groups in total. The normalized spacial score (nSPS) is 10.5. The van der Waals surface area contributed by atoms with Gasteiger partial charge in [-0.2, -0.15) is 0 Å². The molecule has 0 aliphatic rings. The largest absolute Gasteiger partial charge is 0.493 e. The van der Waals surface area contributed by atoms with Crippen LogP contribution in [0.3, 0.4) is 0 Å². The van der Waals surface area contributed by atoms with E-state index in [4.69, 9.17) is 9.47 Å². The standard InChI is InChI=1S/C19H17FN2O6/c1-2-27-17-6-4-3-5-13(17)7-10-19(24)28-12-18(23)21-16-11-14(22(25)26)8-9-15(16)20/h3-11H,2,12H2,1H3,(H,21,23). The molecule has 0 aliphatic heterocycles. The van der Waals surface area contributed by atoms with E-state index in [0.717, 1.165) is 24.3 Å². The van der Waals surface area contributed by atoms with Gasteiger partial charge in [-0.3, -0.25) is 14.9 Å². The van der Waals surface area contributed by atoms with Crippen molar-refractivity contribution in [1.29, 1.82) is 0 Å². The number of carbonyl (C=O) groups is 2. The monoisotopic (exact) mass is 388 g/mol.